The maximum absolute atomic E-state index is 11.7. The SMILES string of the molecule is COC(=O)c1cccc2nn(-c3ccccn3)cc12. The molecule has 0 N–H and O–H groups in total. The fourth-order valence-electron chi connectivity index (χ4n) is 1.94. The van der Waals surface area contributed by atoms with Gasteiger partial charge in [-0.2, -0.15) is 5.10 Å². The molecule has 0 fully saturated rings. The molecule has 5 heteroatoms. The monoisotopic (exact) mass is 253 g/mol. The second-order valence-electron chi connectivity index (χ2n) is 3.99. The highest BCUT2D eigenvalue weighted by Gasteiger charge is 2.13. The predicted molar refractivity (Wildman–Crippen MR) is 70.2 cm³/mol. The molecule has 0 aliphatic carbocycles. The van der Waals surface area contributed by atoms with E-state index in [1.54, 1.807) is 29.2 Å². The minimum atomic E-state index is -0.369. The van der Waals surface area contributed by atoms with Crippen molar-refractivity contribution in [2.45, 2.75) is 0 Å². The molecule has 2 aromatic heterocycles. The maximum Gasteiger partial charge on any atom is 0.338 e. The highest BCUT2D eigenvalue weighted by molar-refractivity contribution is 6.03. The van der Waals surface area contributed by atoms with E-state index in [4.69, 9.17) is 4.74 Å². The van der Waals surface area contributed by atoms with E-state index in [9.17, 15) is 4.79 Å². The molecule has 0 aliphatic rings. The zero-order valence-corrected chi connectivity index (χ0v) is 10.3. The lowest BCUT2D eigenvalue weighted by Gasteiger charge is -1.99. The van der Waals surface area contributed by atoms with Crippen molar-refractivity contribution in [3.8, 4) is 5.82 Å². The first kappa shape index (κ1) is 11.4. The molecule has 0 radical (unpaired) electrons. The molecule has 0 spiro atoms. The number of benzene rings is 1. The summed E-state index contributed by atoms with van der Waals surface area (Å²) in [7, 11) is 1.37. The Morgan fingerprint density at radius 1 is 1.21 bits per heavy atom. The van der Waals surface area contributed by atoms with Crippen LogP contribution in [0.25, 0.3) is 16.7 Å². The standard InChI is InChI=1S/C14H11N3O2/c1-19-14(18)10-5-4-6-12-11(10)9-17(16-12)13-7-2-3-8-15-13/h2-9H,1H3. The molecule has 0 bridgehead atoms. The van der Waals surface area contributed by atoms with E-state index in [0.29, 0.717) is 11.4 Å². The van der Waals surface area contributed by atoms with Gasteiger partial charge >= 0.3 is 5.97 Å². The van der Waals surface area contributed by atoms with Gasteiger partial charge in [0.25, 0.3) is 0 Å². The van der Waals surface area contributed by atoms with Gasteiger partial charge in [-0.1, -0.05) is 12.1 Å². The summed E-state index contributed by atoms with van der Waals surface area (Å²) in [6.45, 7) is 0. The van der Waals surface area contributed by atoms with Gasteiger partial charge < -0.3 is 4.74 Å². The number of esters is 1. The summed E-state index contributed by atoms with van der Waals surface area (Å²) >= 11 is 0. The third-order valence-corrected chi connectivity index (χ3v) is 2.84. The van der Waals surface area contributed by atoms with E-state index in [1.807, 2.05) is 24.3 Å². The Bertz CT molecular complexity index is 735. The molecule has 3 aromatic rings. The number of carbonyl (C=O) groups is 1. The third kappa shape index (κ3) is 1.95. The summed E-state index contributed by atoms with van der Waals surface area (Å²) < 4.78 is 6.42. The number of carbonyl (C=O) groups excluding carboxylic acids is 1. The van der Waals surface area contributed by atoms with Crippen molar-refractivity contribution in [1.29, 1.82) is 0 Å². The number of rotatable bonds is 2. The molecule has 5 nitrogen and oxygen atoms in total. The van der Waals surface area contributed by atoms with Crippen molar-refractivity contribution >= 4 is 16.9 Å². The normalized spacial score (nSPS) is 10.6. The van der Waals surface area contributed by atoms with Crippen LogP contribution < -0.4 is 0 Å². The molecule has 2 heterocycles. The Morgan fingerprint density at radius 3 is 2.84 bits per heavy atom. The van der Waals surface area contributed by atoms with Crippen molar-refractivity contribution in [3.05, 3.63) is 54.4 Å². The van der Waals surface area contributed by atoms with Gasteiger partial charge in [-0.25, -0.2) is 14.5 Å². The summed E-state index contributed by atoms with van der Waals surface area (Å²) in [5, 5.41) is 5.16. The van der Waals surface area contributed by atoms with Crippen LogP contribution >= 0.6 is 0 Å². The van der Waals surface area contributed by atoms with Gasteiger partial charge in [0.1, 0.15) is 0 Å². The highest BCUT2D eigenvalue weighted by atomic mass is 16.5. The van der Waals surface area contributed by atoms with Crippen LogP contribution in [0.5, 0.6) is 0 Å². The average Bonchev–Trinajstić information content (AvgIpc) is 2.91. The minimum absolute atomic E-state index is 0.369. The summed E-state index contributed by atoms with van der Waals surface area (Å²) in [6, 6.07) is 10.9. The fraction of sp³-hybridized carbons (Fsp3) is 0.0714. The number of methoxy groups -OCH3 is 1. The number of fused-ring (bicyclic) bond motifs is 1. The van der Waals surface area contributed by atoms with Gasteiger partial charge in [-0.05, 0) is 24.3 Å². The van der Waals surface area contributed by atoms with Gasteiger partial charge in [0, 0.05) is 17.8 Å². The lowest BCUT2D eigenvalue weighted by atomic mass is 10.1. The number of hydrogen-bond acceptors (Lipinski definition) is 4. The van der Waals surface area contributed by atoms with Crippen molar-refractivity contribution in [2.75, 3.05) is 7.11 Å². The van der Waals surface area contributed by atoms with Crippen LogP contribution in [0.1, 0.15) is 10.4 Å². The van der Waals surface area contributed by atoms with Crippen LogP contribution in [0.4, 0.5) is 0 Å². The number of pyridine rings is 1. The summed E-state index contributed by atoms with van der Waals surface area (Å²) in [5.41, 5.74) is 1.23. The molecule has 1 aromatic carbocycles. The van der Waals surface area contributed by atoms with E-state index in [1.165, 1.54) is 7.11 Å². The van der Waals surface area contributed by atoms with E-state index in [0.717, 1.165) is 10.9 Å². The molecular formula is C14H11N3O2. The second-order valence-corrected chi connectivity index (χ2v) is 3.99. The Kier molecular flexibility index (Phi) is 2.72. The van der Waals surface area contributed by atoms with Gasteiger partial charge in [-0.15, -0.1) is 0 Å². The lowest BCUT2D eigenvalue weighted by molar-refractivity contribution is 0.0603. The number of aromatic nitrogens is 3. The third-order valence-electron chi connectivity index (χ3n) is 2.84. The van der Waals surface area contributed by atoms with E-state index >= 15 is 0 Å². The Morgan fingerprint density at radius 2 is 2.11 bits per heavy atom. The molecule has 0 aliphatic heterocycles. The molecule has 0 saturated heterocycles. The predicted octanol–water partition coefficient (Wildman–Crippen LogP) is 2.21. The van der Waals surface area contributed by atoms with Crippen molar-refractivity contribution in [2.24, 2.45) is 0 Å². The second kappa shape index (κ2) is 4.53. The molecule has 0 atom stereocenters. The molecule has 0 amide bonds. The van der Waals surface area contributed by atoms with Crippen molar-refractivity contribution in [1.82, 2.24) is 14.8 Å². The quantitative estimate of drug-likeness (QED) is 0.657. The molecule has 3 rings (SSSR count). The van der Waals surface area contributed by atoms with Gasteiger partial charge in [-0.3, -0.25) is 0 Å². The van der Waals surface area contributed by atoms with Gasteiger partial charge in [0.05, 0.1) is 18.2 Å². The summed E-state index contributed by atoms with van der Waals surface area (Å²) in [6.07, 6.45) is 3.48. The first-order chi connectivity index (χ1) is 9.29. The molecule has 19 heavy (non-hydrogen) atoms. The highest BCUT2D eigenvalue weighted by Crippen LogP contribution is 2.19. The largest absolute Gasteiger partial charge is 0.465 e. The molecule has 94 valence electrons. The lowest BCUT2D eigenvalue weighted by Crippen LogP contribution is -2.01. The number of hydrogen-bond donors (Lipinski definition) is 0. The Hall–Kier alpha value is -2.69. The van der Waals surface area contributed by atoms with E-state index in [2.05, 4.69) is 10.1 Å². The first-order valence-corrected chi connectivity index (χ1v) is 5.78. The first-order valence-electron chi connectivity index (χ1n) is 5.78. The Labute approximate surface area is 109 Å². The van der Waals surface area contributed by atoms with Gasteiger partial charge in [0.15, 0.2) is 5.82 Å². The smallest absolute Gasteiger partial charge is 0.338 e. The maximum atomic E-state index is 11.7. The van der Waals surface area contributed by atoms with E-state index < -0.39 is 0 Å². The zero-order chi connectivity index (χ0) is 13.2. The Balaban J connectivity index is 2.19. The van der Waals surface area contributed by atoms with Crippen molar-refractivity contribution in [3.63, 3.8) is 0 Å². The number of ether oxygens (including phenoxy) is 1. The van der Waals surface area contributed by atoms with Crippen LogP contribution in [-0.2, 0) is 4.74 Å². The fourth-order valence-corrected chi connectivity index (χ4v) is 1.94. The van der Waals surface area contributed by atoms with Crippen LogP contribution in [0.3, 0.4) is 0 Å². The van der Waals surface area contributed by atoms with Gasteiger partial charge in [0.2, 0.25) is 0 Å². The summed E-state index contributed by atoms with van der Waals surface area (Å²) in [4.78, 5) is 15.9. The van der Waals surface area contributed by atoms with E-state index in [-0.39, 0.29) is 5.97 Å². The van der Waals surface area contributed by atoms with Crippen LogP contribution in [0, 0.1) is 0 Å². The summed E-state index contributed by atoms with van der Waals surface area (Å²) in [5.74, 6) is 0.334. The minimum Gasteiger partial charge on any atom is -0.465 e. The molecule has 0 saturated carbocycles. The van der Waals surface area contributed by atoms with Crippen molar-refractivity contribution < 1.29 is 9.53 Å². The molecular weight excluding hydrogens is 242 g/mol. The van der Waals surface area contributed by atoms with Crippen LogP contribution in [-0.4, -0.2) is 27.8 Å². The average molecular weight is 253 g/mol. The van der Waals surface area contributed by atoms with Crippen LogP contribution in [0.2, 0.25) is 0 Å². The molecule has 0 unspecified atom stereocenters. The number of nitrogens with zero attached hydrogens (tertiary/aromatic N) is 3. The zero-order valence-electron chi connectivity index (χ0n) is 10.3. The van der Waals surface area contributed by atoms with Crippen LogP contribution in [0.15, 0.2) is 48.8 Å². The topological polar surface area (TPSA) is 57.0 Å².